The number of halogens is 3. The minimum absolute atomic E-state index is 0.203. The van der Waals surface area contributed by atoms with Crippen molar-refractivity contribution in [2.75, 3.05) is 31.1 Å². The Hall–Kier alpha value is -3.96. The molecule has 0 N–H and O–H groups in total. The van der Waals surface area contributed by atoms with E-state index in [1.807, 2.05) is 30.4 Å². The van der Waals surface area contributed by atoms with Gasteiger partial charge in [-0.25, -0.2) is 32.9 Å². The molecular weight excluding hydrogens is 485 g/mol. The lowest BCUT2D eigenvalue weighted by molar-refractivity contribution is 0.139. The van der Waals surface area contributed by atoms with Crippen LogP contribution in [0, 0.1) is 31.3 Å². The van der Waals surface area contributed by atoms with Gasteiger partial charge in [0.25, 0.3) is 0 Å². The molecule has 2 aliphatic heterocycles. The minimum Gasteiger partial charge on any atom is -0.337 e. The number of nitrogens with zero attached hydrogens (tertiary/aromatic N) is 8. The Balaban J connectivity index is 1.30. The van der Waals surface area contributed by atoms with E-state index in [1.165, 1.54) is 23.3 Å². The van der Waals surface area contributed by atoms with E-state index in [0.29, 0.717) is 61.9 Å². The topological polar surface area (TPSA) is 82.8 Å². The number of hydrogen-bond donors (Lipinski definition) is 0. The number of benzene rings is 1. The molecule has 1 atom stereocenters. The zero-order valence-electron chi connectivity index (χ0n) is 20.8. The summed E-state index contributed by atoms with van der Waals surface area (Å²) in [6.45, 7) is 7.92. The quantitative estimate of drug-likeness (QED) is 0.527. The number of hydrogen-bond acceptors (Lipinski definition) is 6. The van der Waals surface area contributed by atoms with Crippen LogP contribution in [0.1, 0.15) is 36.3 Å². The number of anilines is 1. The second kappa shape index (κ2) is 9.83. The predicted molar refractivity (Wildman–Crippen MR) is 132 cm³/mol. The van der Waals surface area contributed by atoms with Crippen LogP contribution in [-0.2, 0) is 6.54 Å². The monoisotopic (exact) mass is 512 g/mol. The summed E-state index contributed by atoms with van der Waals surface area (Å²) in [5.74, 6) is -1.55. The molecule has 0 bridgehead atoms. The van der Waals surface area contributed by atoms with Crippen molar-refractivity contribution in [1.82, 2.24) is 29.7 Å². The van der Waals surface area contributed by atoms with Gasteiger partial charge in [0.1, 0.15) is 17.3 Å². The standard InChI is InChI=1S/C25H27F3N8O/c1-4-35-16(3)22(15(2)32-35)23-20(28)14-29-24(31-23)33-7-9-34(10-8-33)25(37)36-21(5-6-30-36)17-11-18(26)13-19(27)12-17/h6,11-14,21H,4-5,7-10H2,1-3H3/t21-/m0/s1. The highest BCUT2D eigenvalue weighted by Gasteiger charge is 2.34. The third-order valence-corrected chi connectivity index (χ3v) is 6.78. The molecule has 1 fully saturated rings. The maximum atomic E-state index is 14.8. The molecule has 1 aromatic carbocycles. The van der Waals surface area contributed by atoms with Gasteiger partial charge in [-0.05, 0) is 38.5 Å². The van der Waals surface area contributed by atoms with Gasteiger partial charge in [0, 0.05) is 62.7 Å². The van der Waals surface area contributed by atoms with Crippen molar-refractivity contribution >= 4 is 18.2 Å². The van der Waals surface area contributed by atoms with Gasteiger partial charge >= 0.3 is 6.03 Å². The molecule has 12 heteroatoms. The van der Waals surface area contributed by atoms with E-state index in [0.717, 1.165) is 11.8 Å². The van der Waals surface area contributed by atoms with Crippen LogP contribution in [0.25, 0.3) is 11.3 Å². The highest BCUT2D eigenvalue weighted by Crippen LogP contribution is 2.31. The molecule has 2 aromatic heterocycles. The molecule has 1 saturated heterocycles. The first-order valence-electron chi connectivity index (χ1n) is 12.1. The van der Waals surface area contributed by atoms with E-state index in [9.17, 15) is 18.0 Å². The molecule has 4 heterocycles. The van der Waals surface area contributed by atoms with Crippen LogP contribution in [0.4, 0.5) is 23.9 Å². The predicted octanol–water partition coefficient (Wildman–Crippen LogP) is 4.07. The molecule has 9 nitrogen and oxygen atoms in total. The number of carbonyl (C=O) groups is 1. The van der Waals surface area contributed by atoms with Crippen LogP contribution in [0.2, 0.25) is 0 Å². The van der Waals surface area contributed by atoms with Gasteiger partial charge in [0.05, 0.1) is 17.9 Å². The number of rotatable bonds is 4. The van der Waals surface area contributed by atoms with Crippen molar-refractivity contribution < 1.29 is 18.0 Å². The maximum absolute atomic E-state index is 14.8. The van der Waals surface area contributed by atoms with Crippen molar-refractivity contribution in [3.05, 3.63) is 58.8 Å². The number of aryl methyl sites for hydroxylation is 2. The lowest BCUT2D eigenvalue weighted by Gasteiger charge is -2.37. The first-order chi connectivity index (χ1) is 17.8. The lowest BCUT2D eigenvalue weighted by atomic mass is 10.0. The molecule has 0 radical (unpaired) electrons. The Bertz CT molecular complexity index is 1350. The Labute approximate surface area is 212 Å². The summed E-state index contributed by atoms with van der Waals surface area (Å²) in [4.78, 5) is 25.5. The Morgan fingerprint density at radius 2 is 1.76 bits per heavy atom. The summed E-state index contributed by atoms with van der Waals surface area (Å²) >= 11 is 0. The summed E-state index contributed by atoms with van der Waals surface area (Å²) in [6, 6.07) is 2.32. The normalized spacial score (nSPS) is 17.7. The number of piperazine rings is 1. The molecule has 5 rings (SSSR count). The first kappa shape index (κ1) is 24.7. The molecule has 37 heavy (non-hydrogen) atoms. The Kier molecular flexibility index (Phi) is 6.57. The van der Waals surface area contributed by atoms with Crippen LogP contribution in [0.5, 0.6) is 0 Å². The van der Waals surface area contributed by atoms with Crippen LogP contribution in [0.15, 0.2) is 29.5 Å². The van der Waals surface area contributed by atoms with Gasteiger partial charge < -0.3 is 9.80 Å². The van der Waals surface area contributed by atoms with Gasteiger partial charge in [0.15, 0.2) is 5.82 Å². The van der Waals surface area contributed by atoms with Gasteiger partial charge in [-0.2, -0.15) is 10.2 Å². The summed E-state index contributed by atoms with van der Waals surface area (Å²) < 4.78 is 44.1. The number of aromatic nitrogens is 4. The van der Waals surface area contributed by atoms with Crippen molar-refractivity contribution in [2.45, 2.75) is 39.8 Å². The van der Waals surface area contributed by atoms with Crippen LogP contribution >= 0.6 is 0 Å². The Morgan fingerprint density at radius 1 is 1.05 bits per heavy atom. The first-order valence-corrected chi connectivity index (χ1v) is 12.1. The number of urea groups is 1. The third-order valence-electron chi connectivity index (χ3n) is 6.78. The number of carbonyl (C=O) groups excluding carboxylic acids is 1. The van der Waals surface area contributed by atoms with Crippen LogP contribution in [-0.4, -0.2) is 68.1 Å². The van der Waals surface area contributed by atoms with Gasteiger partial charge in [-0.1, -0.05) is 0 Å². The molecule has 0 spiro atoms. The molecular formula is C25H27F3N8O. The van der Waals surface area contributed by atoms with E-state index in [4.69, 9.17) is 0 Å². The third kappa shape index (κ3) is 4.63. The number of hydrazone groups is 1. The molecule has 2 amide bonds. The van der Waals surface area contributed by atoms with Crippen molar-refractivity contribution in [3.8, 4) is 11.3 Å². The zero-order chi connectivity index (χ0) is 26.3. The smallest absolute Gasteiger partial charge is 0.337 e. The molecule has 3 aromatic rings. The highest BCUT2D eigenvalue weighted by molar-refractivity contribution is 5.79. The second-order valence-corrected chi connectivity index (χ2v) is 9.08. The van der Waals surface area contributed by atoms with Crippen molar-refractivity contribution in [3.63, 3.8) is 0 Å². The van der Waals surface area contributed by atoms with Crippen molar-refractivity contribution in [2.24, 2.45) is 5.10 Å². The largest absolute Gasteiger partial charge is 0.341 e. The number of amides is 2. The highest BCUT2D eigenvalue weighted by atomic mass is 19.1. The van der Waals surface area contributed by atoms with Crippen LogP contribution in [0.3, 0.4) is 0 Å². The fourth-order valence-electron chi connectivity index (χ4n) is 4.92. The van der Waals surface area contributed by atoms with Crippen molar-refractivity contribution in [1.29, 1.82) is 0 Å². The summed E-state index contributed by atoms with van der Waals surface area (Å²) in [6.07, 6.45) is 3.10. The van der Waals surface area contributed by atoms with E-state index in [1.54, 1.807) is 11.1 Å². The van der Waals surface area contributed by atoms with Gasteiger partial charge in [-0.3, -0.25) is 4.68 Å². The SMILES string of the molecule is CCn1nc(C)c(-c2nc(N3CCN(C(=O)N4N=CC[C@H]4c4cc(F)cc(F)c4)CC3)ncc2F)c1C. The fourth-order valence-corrected chi connectivity index (χ4v) is 4.92. The summed E-state index contributed by atoms with van der Waals surface area (Å²) in [7, 11) is 0. The maximum Gasteiger partial charge on any atom is 0.341 e. The van der Waals surface area contributed by atoms with E-state index < -0.39 is 23.5 Å². The average molecular weight is 513 g/mol. The second-order valence-electron chi connectivity index (χ2n) is 9.08. The Morgan fingerprint density at radius 3 is 2.41 bits per heavy atom. The fraction of sp³-hybridized carbons (Fsp3) is 0.400. The summed E-state index contributed by atoms with van der Waals surface area (Å²) in [5, 5.41) is 9.91. The summed E-state index contributed by atoms with van der Waals surface area (Å²) in [5.41, 5.74) is 2.74. The van der Waals surface area contributed by atoms with E-state index >= 15 is 0 Å². The molecule has 194 valence electrons. The van der Waals surface area contributed by atoms with Gasteiger partial charge in [-0.15, -0.1) is 0 Å². The molecule has 0 saturated carbocycles. The molecule has 0 unspecified atom stereocenters. The molecule has 2 aliphatic rings. The van der Waals surface area contributed by atoms with E-state index in [-0.39, 0.29) is 11.7 Å². The minimum atomic E-state index is -0.700. The average Bonchev–Trinajstić information content (AvgIpc) is 3.48. The van der Waals surface area contributed by atoms with Gasteiger partial charge in [0.2, 0.25) is 5.95 Å². The van der Waals surface area contributed by atoms with E-state index in [2.05, 4.69) is 20.2 Å². The zero-order valence-corrected chi connectivity index (χ0v) is 20.8. The molecule has 0 aliphatic carbocycles. The lowest BCUT2D eigenvalue weighted by Crippen LogP contribution is -2.52. The van der Waals surface area contributed by atoms with Crippen LogP contribution < -0.4 is 4.90 Å².